The minimum absolute atomic E-state index is 0.0716. The fraction of sp³-hybridized carbons (Fsp3) is 0.455. The summed E-state index contributed by atoms with van der Waals surface area (Å²) in [6.45, 7) is 3.78. The Labute approximate surface area is 175 Å². The molecule has 2 aliphatic heterocycles. The van der Waals surface area contributed by atoms with E-state index < -0.39 is 5.41 Å². The van der Waals surface area contributed by atoms with E-state index in [1.165, 1.54) is 0 Å². The van der Waals surface area contributed by atoms with E-state index >= 15 is 0 Å². The van der Waals surface area contributed by atoms with E-state index in [9.17, 15) is 10.1 Å². The highest BCUT2D eigenvalue weighted by molar-refractivity contribution is 6.02. The van der Waals surface area contributed by atoms with Gasteiger partial charge in [0.05, 0.1) is 31.2 Å². The number of ether oxygens (including phenoxy) is 1. The van der Waals surface area contributed by atoms with Crippen molar-refractivity contribution in [2.24, 2.45) is 11.3 Å². The molecule has 2 saturated heterocycles. The first kappa shape index (κ1) is 18.8. The summed E-state index contributed by atoms with van der Waals surface area (Å²) in [5.74, 6) is 1.45. The molecule has 0 unspecified atom stereocenters. The number of nitrogens with one attached hydrogen (secondary N) is 1. The molecule has 0 spiro atoms. The molecule has 154 valence electrons. The molecule has 8 heteroatoms. The van der Waals surface area contributed by atoms with Crippen LogP contribution in [0.5, 0.6) is 0 Å². The van der Waals surface area contributed by atoms with Gasteiger partial charge in [0.2, 0.25) is 5.91 Å². The number of carbonyl (C=O) groups is 1. The molecule has 0 bridgehead atoms. The van der Waals surface area contributed by atoms with Gasteiger partial charge in [0, 0.05) is 37.6 Å². The lowest BCUT2D eigenvalue weighted by atomic mass is 9.83. The average molecular weight is 404 g/mol. The predicted octanol–water partition coefficient (Wildman–Crippen LogP) is 2.71. The molecule has 1 aliphatic carbocycles. The van der Waals surface area contributed by atoms with Crippen molar-refractivity contribution in [3.63, 3.8) is 0 Å². The third-order valence-corrected chi connectivity index (χ3v) is 6.27. The SMILES string of the molecule is N#C[C@]1(C2CC2)CCN(c2ccnc(Nc3ccc(N4CCOCC4)cn3)c2)C1=O. The number of amides is 1. The molecule has 3 fully saturated rings. The standard InChI is InChI=1S/C22H24N6O2/c23-15-22(16-1-2-16)6-8-28(21(22)29)17-5-7-24-20(13-17)26-19-4-3-18(14-25-19)27-9-11-30-12-10-27/h3-5,7,13-14,16H,1-2,6,8-12H2,(H,24,25,26)/t22-/m0/s1. The molecular formula is C22H24N6O2. The fourth-order valence-corrected chi connectivity index (χ4v) is 4.39. The van der Waals surface area contributed by atoms with E-state index in [0.717, 1.165) is 50.5 Å². The van der Waals surface area contributed by atoms with Crippen LogP contribution in [-0.2, 0) is 9.53 Å². The van der Waals surface area contributed by atoms with Crippen LogP contribution in [0, 0.1) is 22.7 Å². The first-order chi connectivity index (χ1) is 14.7. The number of carbonyl (C=O) groups excluding carboxylic acids is 1. The Bertz CT molecular complexity index is 978. The lowest BCUT2D eigenvalue weighted by Crippen LogP contribution is -2.36. The molecule has 0 aromatic carbocycles. The summed E-state index contributed by atoms with van der Waals surface area (Å²) in [4.78, 5) is 25.9. The zero-order valence-corrected chi connectivity index (χ0v) is 16.8. The highest BCUT2D eigenvalue weighted by Gasteiger charge is 2.56. The second-order valence-electron chi connectivity index (χ2n) is 8.09. The second-order valence-corrected chi connectivity index (χ2v) is 8.09. The van der Waals surface area contributed by atoms with Gasteiger partial charge in [-0.3, -0.25) is 4.79 Å². The summed E-state index contributed by atoms with van der Waals surface area (Å²) in [6, 6.07) is 9.95. The quantitative estimate of drug-likeness (QED) is 0.819. The fourth-order valence-electron chi connectivity index (χ4n) is 4.39. The Hall–Kier alpha value is -3.18. The number of pyridine rings is 2. The summed E-state index contributed by atoms with van der Waals surface area (Å²) < 4.78 is 5.39. The smallest absolute Gasteiger partial charge is 0.247 e. The lowest BCUT2D eigenvalue weighted by molar-refractivity contribution is -0.123. The molecule has 2 aromatic rings. The van der Waals surface area contributed by atoms with Crippen molar-refractivity contribution in [3.05, 3.63) is 36.7 Å². The van der Waals surface area contributed by atoms with Crippen LogP contribution >= 0.6 is 0 Å². The van der Waals surface area contributed by atoms with Crippen LogP contribution in [0.4, 0.5) is 23.0 Å². The lowest BCUT2D eigenvalue weighted by Gasteiger charge is -2.28. The van der Waals surface area contributed by atoms with Gasteiger partial charge in [-0.25, -0.2) is 9.97 Å². The molecule has 8 nitrogen and oxygen atoms in total. The average Bonchev–Trinajstić information content (AvgIpc) is 3.59. The van der Waals surface area contributed by atoms with E-state index in [4.69, 9.17) is 4.74 Å². The van der Waals surface area contributed by atoms with Gasteiger partial charge >= 0.3 is 0 Å². The number of nitrogens with zero attached hydrogens (tertiary/aromatic N) is 5. The molecule has 0 radical (unpaired) electrons. The molecular weight excluding hydrogens is 380 g/mol. The van der Waals surface area contributed by atoms with Gasteiger partial charge in [0.15, 0.2) is 0 Å². The van der Waals surface area contributed by atoms with Gasteiger partial charge in [-0.1, -0.05) is 0 Å². The maximum Gasteiger partial charge on any atom is 0.247 e. The molecule has 1 N–H and O–H groups in total. The van der Waals surface area contributed by atoms with Crippen molar-refractivity contribution in [2.45, 2.75) is 19.3 Å². The van der Waals surface area contributed by atoms with Crippen LogP contribution in [0.2, 0.25) is 0 Å². The number of aromatic nitrogens is 2. The van der Waals surface area contributed by atoms with Gasteiger partial charge in [0.25, 0.3) is 0 Å². The number of nitriles is 1. The van der Waals surface area contributed by atoms with E-state index in [1.54, 1.807) is 11.1 Å². The van der Waals surface area contributed by atoms with Crippen LogP contribution in [0.25, 0.3) is 0 Å². The molecule has 30 heavy (non-hydrogen) atoms. The highest BCUT2D eigenvalue weighted by Crippen LogP contribution is 2.51. The van der Waals surface area contributed by atoms with Gasteiger partial charge in [-0.2, -0.15) is 5.26 Å². The van der Waals surface area contributed by atoms with E-state index in [2.05, 4.69) is 26.3 Å². The second kappa shape index (κ2) is 7.58. The maximum atomic E-state index is 13.0. The summed E-state index contributed by atoms with van der Waals surface area (Å²) in [5.41, 5.74) is 0.995. The first-order valence-electron chi connectivity index (χ1n) is 10.4. The molecule has 4 heterocycles. The van der Waals surface area contributed by atoms with Crippen LogP contribution < -0.4 is 15.1 Å². The summed E-state index contributed by atoms with van der Waals surface area (Å²) in [5, 5.41) is 12.9. The van der Waals surface area contributed by atoms with Crippen molar-refractivity contribution < 1.29 is 9.53 Å². The van der Waals surface area contributed by atoms with Crippen molar-refractivity contribution in [2.75, 3.05) is 48.0 Å². The van der Waals surface area contributed by atoms with Gasteiger partial charge in [0.1, 0.15) is 17.1 Å². The molecule has 1 atom stereocenters. The van der Waals surface area contributed by atoms with E-state index in [-0.39, 0.29) is 11.8 Å². The van der Waals surface area contributed by atoms with Crippen molar-refractivity contribution >= 4 is 28.9 Å². The van der Waals surface area contributed by atoms with Crippen LogP contribution in [0.1, 0.15) is 19.3 Å². The summed E-state index contributed by atoms with van der Waals surface area (Å²) in [6.07, 6.45) is 6.07. The Morgan fingerprint density at radius 3 is 2.63 bits per heavy atom. The Morgan fingerprint density at radius 1 is 1.10 bits per heavy atom. The first-order valence-corrected chi connectivity index (χ1v) is 10.4. The minimum Gasteiger partial charge on any atom is -0.378 e. The van der Waals surface area contributed by atoms with E-state index in [1.807, 2.05) is 30.5 Å². The summed E-state index contributed by atoms with van der Waals surface area (Å²) in [7, 11) is 0. The number of morpholine rings is 1. The summed E-state index contributed by atoms with van der Waals surface area (Å²) >= 11 is 0. The Balaban J connectivity index is 1.30. The highest BCUT2D eigenvalue weighted by atomic mass is 16.5. The zero-order valence-electron chi connectivity index (χ0n) is 16.8. The van der Waals surface area contributed by atoms with Crippen molar-refractivity contribution in [1.29, 1.82) is 5.26 Å². The third-order valence-electron chi connectivity index (χ3n) is 6.27. The van der Waals surface area contributed by atoms with Gasteiger partial charge in [-0.15, -0.1) is 0 Å². The Morgan fingerprint density at radius 2 is 1.93 bits per heavy atom. The number of anilines is 4. The van der Waals surface area contributed by atoms with Crippen molar-refractivity contribution in [1.82, 2.24) is 9.97 Å². The third kappa shape index (κ3) is 3.35. The van der Waals surface area contributed by atoms with Crippen LogP contribution in [0.3, 0.4) is 0 Å². The molecule has 1 amide bonds. The zero-order chi connectivity index (χ0) is 20.6. The molecule has 3 aliphatic rings. The van der Waals surface area contributed by atoms with Crippen molar-refractivity contribution in [3.8, 4) is 6.07 Å². The maximum absolute atomic E-state index is 13.0. The van der Waals surface area contributed by atoms with Gasteiger partial charge in [-0.05, 0) is 43.4 Å². The predicted molar refractivity (Wildman–Crippen MR) is 113 cm³/mol. The topological polar surface area (TPSA) is 94.4 Å². The molecule has 2 aromatic heterocycles. The number of rotatable bonds is 5. The molecule has 1 saturated carbocycles. The Kier molecular flexibility index (Phi) is 4.75. The van der Waals surface area contributed by atoms with Gasteiger partial charge < -0.3 is 19.9 Å². The van der Waals surface area contributed by atoms with Crippen LogP contribution in [-0.4, -0.2) is 48.7 Å². The van der Waals surface area contributed by atoms with E-state index in [0.29, 0.717) is 24.6 Å². The minimum atomic E-state index is -0.840. The number of hydrogen-bond donors (Lipinski definition) is 1. The monoisotopic (exact) mass is 404 g/mol. The molecule has 5 rings (SSSR count). The largest absolute Gasteiger partial charge is 0.378 e. The van der Waals surface area contributed by atoms with Crippen LogP contribution in [0.15, 0.2) is 36.7 Å². The normalized spacial score (nSPS) is 24.0. The number of hydrogen-bond acceptors (Lipinski definition) is 7.